The van der Waals surface area contributed by atoms with E-state index in [1.165, 1.54) is 12.1 Å². The van der Waals surface area contributed by atoms with E-state index in [-0.39, 0.29) is 5.82 Å². The molecule has 1 N–H and O–H groups in total. The van der Waals surface area contributed by atoms with Crippen molar-refractivity contribution in [1.29, 1.82) is 0 Å². The van der Waals surface area contributed by atoms with Crippen molar-refractivity contribution in [2.75, 3.05) is 13.6 Å². The minimum atomic E-state index is -0.233. The number of aryl methyl sites for hydroxylation is 2. The monoisotopic (exact) mass is 318 g/mol. The van der Waals surface area contributed by atoms with E-state index in [1.54, 1.807) is 6.07 Å². The number of guanidine groups is 1. The quantitative estimate of drug-likeness (QED) is 0.680. The van der Waals surface area contributed by atoms with E-state index < -0.39 is 0 Å². The second kappa shape index (κ2) is 7.76. The molecule has 5 nitrogen and oxygen atoms in total. The van der Waals surface area contributed by atoms with Crippen molar-refractivity contribution in [3.8, 4) is 0 Å². The van der Waals surface area contributed by atoms with Crippen molar-refractivity contribution >= 4 is 5.96 Å². The number of aliphatic imine (C=N–C) groups is 1. The third kappa shape index (κ3) is 4.81. The van der Waals surface area contributed by atoms with Crippen LogP contribution >= 0.6 is 0 Å². The normalized spacial score (nSPS) is 11.6. The number of hydrogen-bond donors (Lipinski definition) is 1. The minimum Gasteiger partial charge on any atom is -0.444 e. The van der Waals surface area contributed by atoms with Crippen LogP contribution in [-0.2, 0) is 13.1 Å². The molecule has 0 aliphatic carbocycles. The largest absolute Gasteiger partial charge is 0.444 e. The molecule has 0 aliphatic heterocycles. The van der Waals surface area contributed by atoms with Crippen molar-refractivity contribution in [2.24, 2.45) is 4.99 Å². The second-order valence-corrected chi connectivity index (χ2v) is 5.41. The first-order chi connectivity index (χ1) is 11.0. The zero-order valence-corrected chi connectivity index (χ0v) is 14.1. The van der Waals surface area contributed by atoms with Gasteiger partial charge in [-0.3, -0.25) is 0 Å². The van der Waals surface area contributed by atoms with Crippen LogP contribution in [0.25, 0.3) is 0 Å². The molecule has 1 heterocycles. The van der Waals surface area contributed by atoms with Gasteiger partial charge < -0.3 is 14.6 Å². The van der Waals surface area contributed by atoms with E-state index >= 15 is 0 Å². The number of nitrogens with zero attached hydrogens (tertiary/aromatic N) is 3. The first-order valence-corrected chi connectivity index (χ1v) is 7.66. The summed E-state index contributed by atoms with van der Waals surface area (Å²) < 4.78 is 18.8. The third-order valence-electron chi connectivity index (χ3n) is 3.44. The number of oxazole rings is 1. The van der Waals surface area contributed by atoms with Gasteiger partial charge in [-0.1, -0.05) is 12.1 Å². The molecule has 2 rings (SSSR count). The van der Waals surface area contributed by atoms with E-state index in [9.17, 15) is 4.39 Å². The van der Waals surface area contributed by atoms with Crippen molar-refractivity contribution in [3.05, 3.63) is 53.0 Å². The van der Waals surface area contributed by atoms with Gasteiger partial charge in [0.05, 0.1) is 5.69 Å². The molecule has 0 atom stereocenters. The van der Waals surface area contributed by atoms with E-state index in [0.29, 0.717) is 19.0 Å². The van der Waals surface area contributed by atoms with Gasteiger partial charge in [-0.05, 0) is 38.5 Å². The van der Waals surface area contributed by atoms with Crippen LogP contribution in [0.5, 0.6) is 0 Å². The first-order valence-electron chi connectivity index (χ1n) is 7.66. The number of nitrogens with one attached hydrogen (secondary N) is 1. The molecule has 0 aliphatic rings. The Morgan fingerprint density at radius 1 is 1.39 bits per heavy atom. The first kappa shape index (κ1) is 17.0. The summed E-state index contributed by atoms with van der Waals surface area (Å²) in [5.41, 5.74) is 1.77. The molecule has 0 bridgehead atoms. The van der Waals surface area contributed by atoms with Crippen LogP contribution in [0.3, 0.4) is 0 Å². The molecule has 0 unspecified atom stereocenters. The molecule has 0 radical (unpaired) electrons. The Morgan fingerprint density at radius 3 is 2.78 bits per heavy atom. The zero-order valence-electron chi connectivity index (χ0n) is 14.1. The van der Waals surface area contributed by atoms with Gasteiger partial charge in [-0.15, -0.1) is 0 Å². The Morgan fingerprint density at radius 2 is 2.17 bits per heavy atom. The summed E-state index contributed by atoms with van der Waals surface area (Å²) in [5.74, 6) is 1.90. The van der Waals surface area contributed by atoms with Crippen molar-refractivity contribution < 1.29 is 8.81 Å². The lowest BCUT2D eigenvalue weighted by atomic mass is 10.2. The number of hydrogen-bond acceptors (Lipinski definition) is 3. The molecule has 1 aromatic heterocycles. The van der Waals surface area contributed by atoms with Crippen LogP contribution < -0.4 is 5.32 Å². The molecular formula is C17H23FN4O. The maximum absolute atomic E-state index is 13.3. The number of benzene rings is 1. The molecule has 23 heavy (non-hydrogen) atoms. The van der Waals surface area contributed by atoms with Crippen LogP contribution in [0.2, 0.25) is 0 Å². The molecule has 0 amide bonds. The average molecular weight is 318 g/mol. The van der Waals surface area contributed by atoms with Gasteiger partial charge in [0.1, 0.15) is 18.1 Å². The number of rotatable bonds is 5. The Kier molecular flexibility index (Phi) is 5.73. The van der Waals surface area contributed by atoms with Gasteiger partial charge in [0.2, 0.25) is 5.89 Å². The van der Waals surface area contributed by atoms with Gasteiger partial charge in [0.25, 0.3) is 0 Å². The topological polar surface area (TPSA) is 53.7 Å². The molecule has 1 aromatic carbocycles. The second-order valence-electron chi connectivity index (χ2n) is 5.41. The third-order valence-corrected chi connectivity index (χ3v) is 3.44. The Labute approximate surface area is 136 Å². The lowest BCUT2D eigenvalue weighted by molar-refractivity contribution is 0.457. The van der Waals surface area contributed by atoms with Gasteiger partial charge in [0.15, 0.2) is 5.96 Å². The van der Waals surface area contributed by atoms with Gasteiger partial charge >= 0.3 is 0 Å². The molecule has 0 saturated carbocycles. The standard InChI is InChI=1S/C17H23FN4O/c1-5-19-17(20-10-16-21-12(2)13(3)23-16)22(4)11-14-7-6-8-15(18)9-14/h6-9H,5,10-11H2,1-4H3,(H,19,20). The van der Waals surface area contributed by atoms with Crippen LogP contribution in [0.4, 0.5) is 4.39 Å². The highest BCUT2D eigenvalue weighted by Crippen LogP contribution is 2.10. The van der Waals surface area contributed by atoms with E-state index in [2.05, 4.69) is 15.3 Å². The summed E-state index contributed by atoms with van der Waals surface area (Å²) in [7, 11) is 1.92. The maximum Gasteiger partial charge on any atom is 0.216 e. The Hall–Kier alpha value is -2.37. The molecule has 2 aromatic rings. The average Bonchev–Trinajstić information content (AvgIpc) is 2.82. The van der Waals surface area contributed by atoms with Gasteiger partial charge in [0, 0.05) is 20.1 Å². The fraction of sp³-hybridized carbons (Fsp3) is 0.412. The molecule has 6 heteroatoms. The van der Waals surface area contributed by atoms with Gasteiger partial charge in [-0.2, -0.15) is 0 Å². The van der Waals surface area contributed by atoms with E-state index in [0.717, 1.165) is 29.5 Å². The lowest BCUT2D eigenvalue weighted by Crippen LogP contribution is -2.38. The predicted octanol–water partition coefficient (Wildman–Crippen LogP) is 3.03. The summed E-state index contributed by atoms with van der Waals surface area (Å²) in [6.07, 6.45) is 0. The molecule has 0 fully saturated rings. The highest BCUT2D eigenvalue weighted by Gasteiger charge is 2.09. The van der Waals surface area contributed by atoms with E-state index in [4.69, 9.17) is 4.42 Å². The van der Waals surface area contributed by atoms with E-state index in [1.807, 2.05) is 38.8 Å². The Balaban J connectivity index is 2.08. The van der Waals surface area contributed by atoms with Gasteiger partial charge in [-0.25, -0.2) is 14.4 Å². The highest BCUT2D eigenvalue weighted by atomic mass is 19.1. The maximum atomic E-state index is 13.3. The van der Waals surface area contributed by atoms with Crippen LogP contribution in [0.15, 0.2) is 33.7 Å². The fourth-order valence-electron chi connectivity index (χ4n) is 2.20. The van der Waals surface area contributed by atoms with Crippen molar-refractivity contribution in [2.45, 2.75) is 33.9 Å². The Bertz CT molecular complexity index is 661. The number of halogens is 1. The van der Waals surface area contributed by atoms with Crippen molar-refractivity contribution in [1.82, 2.24) is 15.2 Å². The summed E-state index contributed by atoms with van der Waals surface area (Å²) in [5, 5.41) is 3.22. The summed E-state index contributed by atoms with van der Waals surface area (Å²) in [4.78, 5) is 10.8. The smallest absolute Gasteiger partial charge is 0.216 e. The predicted molar refractivity (Wildman–Crippen MR) is 88.7 cm³/mol. The van der Waals surface area contributed by atoms with Crippen LogP contribution in [0, 0.1) is 19.7 Å². The highest BCUT2D eigenvalue weighted by molar-refractivity contribution is 5.79. The summed E-state index contributed by atoms with van der Waals surface area (Å²) >= 11 is 0. The van der Waals surface area contributed by atoms with Crippen LogP contribution in [0.1, 0.15) is 29.8 Å². The molecule has 0 saturated heterocycles. The fourth-order valence-corrected chi connectivity index (χ4v) is 2.20. The SMILES string of the molecule is CCNC(=NCc1nc(C)c(C)o1)N(C)Cc1cccc(F)c1. The summed E-state index contributed by atoms with van der Waals surface area (Å²) in [6, 6.07) is 6.57. The minimum absolute atomic E-state index is 0.233. The molecular weight excluding hydrogens is 295 g/mol. The van der Waals surface area contributed by atoms with Crippen LogP contribution in [-0.4, -0.2) is 29.4 Å². The lowest BCUT2D eigenvalue weighted by Gasteiger charge is -2.22. The van der Waals surface area contributed by atoms with Crippen molar-refractivity contribution in [3.63, 3.8) is 0 Å². The molecule has 124 valence electrons. The number of aromatic nitrogens is 1. The summed E-state index contributed by atoms with van der Waals surface area (Å²) in [6.45, 7) is 7.48. The zero-order chi connectivity index (χ0) is 16.8. The molecule has 0 spiro atoms.